The Bertz CT molecular complexity index is 1280. The molecule has 166 valence electrons. The molecule has 2 atom stereocenters. The van der Waals surface area contributed by atoms with Crippen molar-refractivity contribution in [3.05, 3.63) is 155 Å². The molecule has 2 unspecified atom stereocenters. The normalized spacial score (nSPS) is 23.5. The van der Waals surface area contributed by atoms with Crippen molar-refractivity contribution in [1.82, 2.24) is 0 Å². The van der Waals surface area contributed by atoms with Crippen molar-refractivity contribution in [2.24, 2.45) is 0 Å². The smallest absolute Gasteiger partial charge is 0.206 e. The highest BCUT2D eigenvalue weighted by Crippen LogP contribution is 2.67. The number of ether oxygens (including phenoxy) is 2. The Morgan fingerprint density at radius 2 is 0.706 bits per heavy atom. The van der Waals surface area contributed by atoms with Crippen molar-refractivity contribution in [2.45, 2.75) is 25.0 Å². The zero-order valence-corrected chi connectivity index (χ0v) is 19.4. The Morgan fingerprint density at radius 3 is 1.03 bits per heavy atom. The van der Waals surface area contributed by atoms with E-state index in [1.54, 1.807) is 0 Å². The second-order valence-electron chi connectivity index (χ2n) is 8.94. The predicted octanol–water partition coefficient (Wildman–Crippen LogP) is 7.70. The molecule has 2 aliphatic rings. The molecule has 0 spiro atoms. The Kier molecular flexibility index (Phi) is 4.70. The molecule has 2 heteroatoms. The third kappa shape index (κ3) is 2.69. The minimum atomic E-state index is -0.837. The van der Waals surface area contributed by atoms with E-state index in [0.717, 1.165) is 44.9 Å². The van der Waals surface area contributed by atoms with Crippen molar-refractivity contribution in [3.8, 4) is 0 Å². The van der Waals surface area contributed by atoms with Gasteiger partial charge in [0.2, 0.25) is 11.2 Å². The summed E-state index contributed by atoms with van der Waals surface area (Å²) < 4.78 is 14.4. The summed E-state index contributed by atoms with van der Waals surface area (Å²) in [6, 6.07) is 41.7. The lowest BCUT2D eigenvalue weighted by molar-refractivity contribution is -0.0630. The number of hydrogen-bond acceptors (Lipinski definition) is 2. The van der Waals surface area contributed by atoms with Gasteiger partial charge in [-0.15, -0.1) is 0 Å². The van der Waals surface area contributed by atoms with Crippen LogP contribution in [-0.4, -0.2) is 0 Å². The number of hydrogen-bond donors (Lipinski definition) is 0. The summed E-state index contributed by atoms with van der Waals surface area (Å²) in [7, 11) is 0. The molecule has 0 aromatic heterocycles. The van der Waals surface area contributed by atoms with E-state index in [2.05, 4.69) is 111 Å². The van der Waals surface area contributed by atoms with Gasteiger partial charge in [-0.25, -0.2) is 0 Å². The van der Waals surface area contributed by atoms with Crippen LogP contribution in [0.1, 0.15) is 36.1 Å². The highest BCUT2D eigenvalue weighted by atomic mass is 16.6. The summed E-state index contributed by atoms with van der Waals surface area (Å²) in [6.45, 7) is 4.31. The van der Waals surface area contributed by atoms with Crippen molar-refractivity contribution < 1.29 is 9.47 Å². The van der Waals surface area contributed by atoms with Crippen LogP contribution in [0.4, 0.5) is 0 Å². The number of fused-ring (bicyclic) bond motifs is 1. The summed E-state index contributed by atoms with van der Waals surface area (Å²) in [5.74, 6) is 1.75. The highest BCUT2D eigenvalue weighted by Gasteiger charge is 2.69. The van der Waals surface area contributed by atoms with Gasteiger partial charge in [0.05, 0.1) is 0 Å². The van der Waals surface area contributed by atoms with Crippen LogP contribution < -0.4 is 0 Å². The van der Waals surface area contributed by atoms with Gasteiger partial charge in [0.1, 0.15) is 11.5 Å². The summed E-state index contributed by atoms with van der Waals surface area (Å²) >= 11 is 0. The first kappa shape index (κ1) is 20.6. The van der Waals surface area contributed by atoms with Gasteiger partial charge in [0.15, 0.2) is 0 Å². The molecule has 0 bridgehead atoms. The lowest BCUT2D eigenvalue weighted by atomic mass is 9.68. The van der Waals surface area contributed by atoms with Crippen LogP contribution in [0, 0.1) is 0 Å². The lowest BCUT2D eigenvalue weighted by Crippen LogP contribution is -2.46. The molecular formula is C32H26O2. The van der Waals surface area contributed by atoms with Crippen molar-refractivity contribution in [2.75, 3.05) is 0 Å². The third-order valence-electron chi connectivity index (χ3n) is 7.18. The van der Waals surface area contributed by atoms with Gasteiger partial charge >= 0.3 is 0 Å². The van der Waals surface area contributed by atoms with Crippen molar-refractivity contribution in [1.29, 1.82) is 0 Å². The summed E-state index contributed by atoms with van der Waals surface area (Å²) in [6.07, 6.45) is 0. The fourth-order valence-electron chi connectivity index (χ4n) is 5.64. The Balaban J connectivity index is 1.70. The molecule has 0 amide bonds. The molecular weight excluding hydrogens is 416 g/mol. The van der Waals surface area contributed by atoms with E-state index in [9.17, 15) is 0 Å². The van der Waals surface area contributed by atoms with Gasteiger partial charge in [0.25, 0.3) is 0 Å². The molecule has 0 fully saturated rings. The molecule has 4 aromatic rings. The molecule has 2 nitrogen and oxygen atoms in total. The van der Waals surface area contributed by atoms with E-state index < -0.39 is 11.2 Å². The second kappa shape index (κ2) is 7.78. The quantitative estimate of drug-likeness (QED) is 0.322. The van der Waals surface area contributed by atoms with Crippen molar-refractivity contribution >= 4 is 11.5 Å². The molecule has 0 radical (unpaired) electrons. The van der Waals surface area contributed by atoms with Crippen molar-refractivity contribution in [3.63, 3.8) is 0 Å². The first-order valence-corrected chi connectivity index (χ1v) is 11.7. The van der Waals surface area contributed by atoms with Crippen LogP contribution >= 0.6 is 0 Å². The topological polar surface area (TPSA) is 18.5 Å². The fraction of sp³-hybridized carbons (Fsp3) is 0.125. The van der Waals surface area contributed by atoms with Crippen LogP contribution in [-0.2, 0) is 20.7 Å². The average Bonchev–Trinajstić information content (AvgIpc) is 3.34. The first-order valence-electron chi connectivity index (χ1n) is 11.7. The van der Waals surface area contributed by atoms with Crippen LogP contribution in [0.15, 0.2) is 132 Å². The Morgan fingerprint density at radius 1 is 0.412 bits per heavy atom. The molecule has 2 aliphatic heterocycles. The second-order valence-corrected chi connectivity index (χ2v) is 8.94. The SMILES string of the molecule is CC1=C(c2ccccc2)OC2(c3ccccc3)C(C)=C(c3ccccc3)OC12c1ccccc1. The van der Waals surface area contributed by atoms with Crippen LogP contribution in [0.2, 0.25) is 0 Å². The lowest BCUT2D eigenvalue weighted by Gasteiger charge is -2.41. The Labute approximate surface area is 200 Å². The molecule has 2 heterocycles. The van der Waals surface area contributed by atoms with Crippen LogP contribution in [0.5, 0.6) is 0 Å². The van der Waals surface area contributed by atoms with E-state index >= 15 is 0 Å². The Hall–Kier alpha value is -4.04. The molecule has 6 rings (SSSR count). The van der Waals surface area contributed by atoms with Gasteiger partial charge in [0, 0.05) is 33.4 Å². The monoisotopic (exact) mass is 442 g/mol. The summed E-state index contributed by atoms with van der Waals surface area (Å²) in [4.78, 5) is 0. The van der Waals surface area contributed by atoms with E-state index in [4.69, 9.17) is 9.47 Å². The average molecular weight is 443 g/mol. The number of rotatable bonds is 4. The maximum absolute atomic E-state index is 7.18. The minimum Gasteiger partial charge on any atom is -0.472 e. The predicted molar refractivity (Wildman–Crippen MR) is 136 cm³/mol. The zero-order chi connectivity index (χ0) is 23.2. The van der Waals surface area contributed by atoms with Gasteiger partial charge in [-0.1, -0.05) is 121 Å². The standard InChI is InChI=1S/C32H26O2/c1-23-29(25-15-7-3-8-16-25)33-32(28-21-13-6-14-22-28)24(2)30(26-17-9-4-10-18-26)34-31(23,32)27-19-11-5-12-20-27/h3-22H,1-2H3. The summed E-state index contributed by atoms with van der Waals surface area (Å²) in [5.41, 5.74) is 4.72. The third-order valence-corrected chi connectivity index (χ3v) is 7.18. The van der Waals surface area contributed by atoms with Crippen LogP contribution in [0.25, 0.3) is 11.5 Å². The molecule has 4 aromatic carbocycles. The molecule has 0 aliphatic carbocycles. The van der Waals surface area contributed by atoms with E-state index in [-0.39, 0.29) is 0 Å². The maximum atomic E-state index is 7.18. The van der Waals surface area contributed by atoms with E-state index in [1.165, 1.54) is 0 Å². The minimum absolute atomic E-state index is 0.837. The van der Waals surface area contributed by atoms with E-state index in [0.29, 0.717) is 0 Å². The molecule has 34 heavy (non-hydrogen) atoms. The highest BCUT2D eigenvalue weighted by molar-refractivity contribution is 5.79. The summed E-state index contributed by atoms with van der Waals surface area (Å²) in [5, 5.41) is 0. The van der Waals surface area contributed by atoms with E-state index in [1.807, 2.05) is 24.3 Å². The van der Waals surface area contributed by atoms with Crippen LogP contribution in [0.3, 0.4) is 0 Å². The zero-order valence-electron chi connectivity index (χ0n) is 19.4. The largest absolute Gasteiger partial charge is 0.472 e. The fourth-order valence-corrected chi connectivity index (χ4v) is 5.64. The first-order chi connectivity index (χ1) is 16.7. The van der Waals surface area contributed by atoms with Gasteiger partial charge in [-0.3, -0.25) is 0 Å². The molecule has 0 saturated heterocycles. The maximum Gasteiger partial charge on any atom is 0.206 e. The number of benzene rings is 4. The van der Waals surface area contributed by atoms with Gasteiger partial charge < -0.3 is 9.47 Å². The molecule has 0 saturated carbocycles. The molecule has 0 N–H and O–H groups in total. The van der Waals surface area contributed by atoms with Gasteiger partial charge in [-0.05, 0) is 13.8 Å². The van der Waals surface area contributed by atoms with Gasteiger partial charge in [-0.2, -0.15) is 0 Å².